The number of benzene rings is 1. The third-order valence-corrected chi connectivity index (χ3v) is 3.57. The van der Waals surface area contributed by atoms with E-state index in [9.17, 15) is 4.79 Å². The Bertz CT molecular complexity index is 498. The van der Waals surface area contributed by atoms with Gasteiger partial charge < -0.3 is 4.74 Å². The fourth-order valence-corrected chi connectivity index (χ4v) is 2.47. The maximum Gasteiger partial charge on any atom is 0.188 e. The van der Waals surface area contributed by atoms with Crippen LogP contribution >= 0.6 is 0 Å². The third-order valence-electron chi connectivity index (χ3n) is 3.57. The first kappa shape index (κ1) is 12.9. The van der Waals surface area contributed by atoms with E-state index in [1.807, 2.05) is 26.0 Å². The molecule has 18 heavy (non-hydrogen) atoms. The van der Waals surface area contributed by atoms with Crippen LogP contribution in [0.5, 0.6) is 5.75 Å². The summed E-state index contributed by atoms with van der Waals surface area (Å²) in [5, 5.41) is 0. The topological polar surface area (TPSA) is 26.3 Å². The van der Waals surface area contributed by atoms with Gasteiger partial charge in [-0.3, -0.25) is 4.79 Å². The average Bonchev–Trinajstić information content (AvgIpc) is 2.41. The number of carbonyl (C=O) groups is 1. The summed E-state index contributed by atoms with van der Waals surface area (Å²) in [6.45, 7) is 3.95. The number of hydrogen-bond donors (Lipinski definition) is 0. The van der Waals surface area contributed by atoms with E-state index < -0.39 is 0 Å². The van der Waals surface area contributed by atoms with Gasteiger partial charge in [-0.15, -0.1) is 0 Å². The number of ketones is 1. The van der Waals surface area contributed by atoms with Crippen LogP contribution in [0.15, 0.2) is 23.8 Å². The molecule has 0 bridgehead atoms. The van der Waals surface area contributed by atoms with E-state index in [1.165, 1.54) is 6.42 Å². The molecule has 0 saturated carbocycles. The van der Waals surface area contributed by atoms with Gasteiger partial charge in [-0.1, -0.05) is 6.08 Å². The molecule has 2 nitrogen and oxygen atoms in total. The number of hydrogen-bond acceptors (Lipinski definition) is 2. The van der Waals surface area contributed by atoms with Crippen molar-refractivity contribution in [3.63, 3.8) is 0 Å². The van der Waals surface area contributed by atoms with Gasteiger partial charge in [0.25, 0.3) is 0 Å². The Morgan fingerprint density at radius 1 is 1.17 bits per heavy atom. The summed E-state index contributed by atoms with van der Waals surface area (Å²) >= 11 is 0. The maximum atomic E-state index is 12.5. The lowest BCUT2D eigenvalue weighted by Crippen LogP contribution is -2.09. The van der Waals surface area contributed by atoms with Gasteiger partial charge in [0.15, 0.2) is 5.78 Å². The zero-order valence-electron chi connectivity index (χ0n) is 11.4. The molecule has 0 atom stereocenters. The second-order valence-corrected chi connectivity index (χ2v) is 4.94. The molecule has 0 radical (unpaired) electrons. The molecule has 2 heteroatoms. The van der Waals surface area contributed by atoms with Crippen LogP contribution in [0.3, 0.4) is 0 Å². The van der Waals surface area contributed by atoms with Gasteiger partial charge in [-0.05, 0) is 68.4 Å². The highest BCUT2D eigenvalue weighted by molar-refractivity contribution is 6.09. The number of methoxy groups -OCH3 is 1. The first-order valence-corrected chi connectivity index (χ1v) is 6.52. The molecule has 96 valence electrons. The number of Topliss-reactive ketones (excluding diaryl/α,β-unsaturated/α-hetero) is 1. The molecule has 0 aromatic heterocycles. The fraction of sp³-hybridized carbons (Fsp3) is 0.438. The first-order valence-electron chi connectivity index (χ1n) is 6.52. The molecular formula is C16H20O2. The van der Waals surface area contributed by atoms with Crippen LogP contribution in [-0.4, -0.2) is 12.9 Å². The molecular weight excluding hydrogens is 224 g/mol. The maximum absolute atomic E-state index is 12.5. The number of ether oxygens (including phenoxy) is 1. The summed E-state index contributed by atoms with van der Waals surface area (Å²) in [4.78, 5) is 12.5. The minimum atomic E-state index is 0.193. The molecule has 1 aromatic rings. The molecule has 0 heterocycles. The predicted octanol–water partition coefficient (Wildman–Crippen LogP) is 4.00. The zero-order valence-corrected chi connectivity index (χ0v) is 11.4. The standard InChI is InChI=1S/C16H20O2/c1-11-10-15(18-3)12(2)9-14(11)16(17)13-7-5-4-6-8-13/h7,9-10H,4-6,8H2,1-3H3. The molecule has 0 aliphatic heterocycles. The number of allylic oxidation sites excluding steroid dienone is 2. The molecule has 0 amide bonds. The van der Waals surface area contributed by atoms with Crippen molar-refractivity contribution in [2.75, 3.05) is 7.11 Å². The Balaban J connectivity index is 2.36. The summed E-state index contributed by atoms with van der Waals surface area (Å²) in [5.41, 5.74) is 3.81. The lowest BCUT2D eigenvalue weighted by atomic mass is 9.90. The van der Waals surface area contributed by atoms with Gasteiger partial charge in [0.2, 0.25) is 0 Å². The lowest BCUT2D eigenvalue weighted by molar-refractivity contribution is 0.102. The van der Waals surface area contributed by atoms with E-state index in [0.29, 0.717) is 0 Å². The van der Waals surface area contributed by atoms with Crippen LogP contribution < -0.4 is 4.74 Å². The highest BCUT2D eigenvalue weighted by Gasteiger charge is 2.17. The molecule has 0 N–H and O–H groups in total. The number of carbonyl (C=O) groups excluding carboxylic acids is 1. The van der Waals surface area contributed by atoms with Crippen LogP contribution in [0.1, 0.15) is 47.2 Å². The monoisotopic (exact) mass is 244 g/mol. The Hall–Kier alpha value is -1.57. The quantitative estimate of drug-likeness (QED) is 0.751. The van der Waals surface area contributed by atoms with E-state index >= 15 is 0 Å². The van der Waals surface area contributed by atoms with E-state index in [2.05, 4.69) is 6.08 Å². The summed E-state index contributed by atoms with van der Waals surface area (Å²) in [7, 11) is 1.66. The molecule has 0 fully saturated rings. The summed E-state index contributed by atoms with van der Waals surface area (Å²) in [6.07, 6.45) is 6.40. The van der Waals surface area contributed by atoms with Gasteiger partial charge >= 0.3 is 0 Å². The SMILES string of the molecule is COc1cc(C)c(C(=O)C2=CCCCC2)cc1C. The second-order valence-electron chi connectivity index (χ2n) is 4.94. The first-order chi connectivity index (χ1) is 8.63. The van der Waals surface area contributed by atoms with Crippen molar-refractivity contribution in [3.8, 4) is 5.75 Å². The Kier molecular flexibility index (Phi) is 3.85. The molecule has 0 spiro atoms. The zero-order chi connectivity index (χ0) is 13.1. The van der Waals surface area contributed by atoms with Crippen molar-refractivity contribution in [1.82, 2.24) is 0 Å². The van der Waals surface area contributed by atoms with Crippen molar-refractivity contribution >= 4 is 5.78 Å². The summed E-state index contributed by atoms with van der Waals surface area (Å²) < 4.78 is 5.28. The average molecular weight is 244 g/mol. The summed E-state index contributed by atoms with van der Waals surface area (Å²) in [5.74, 6) is 1.04. The minimum Gasteiger partial charge on any atom is -0.496 e. The molecule has 1 aromatic carbocycles. The largest absolute Gasteiger partial charge is 0.496 e. The van der Waals surface area contributed by atoms with Crippen molar-refractivity contribution < 1.29 is 9.53 Å². The highest BCUT2D eigenvalue weighted by atomic mass is 16.5. The van der Waals surface area contributed by atoms with Crippen LogP contribution in [-0.2, 0) is 0 Å². The smallest absolute Gasteiger partial charge is 0.188 e. The van der Waals surface area contributed by atoms with Gasteiger partial charge in [0, 0.05) is 5.56 Å². The van der Waals surface area contributed by atoms with Gasteiger partial charge in [-0.25, -0.2) is 0 Å². The molecule has 0 saturated heterocycles. The predicted molar refractivity (Wildman–Crippen MR) is 73.3 cm³/mol. The molecule has 2 rings (SSSR count). The van der Waals surface area contributed by atoms with Crippen molar-refractivity contribution in [2.24, 2.45) is 0 Å². The van der Waals surface area contributed by atoms with E-state index in [4.69, 9.17) is 4.74 Å². The fourth-order valence-electron chi connectivity index (χ4n) is 2.47. The molecule has 1 aliphatic carbocycles. The Labute approximate surface area is 109 Å². The van der Waals surface area contributed by atoms with Crippen LogP contribution in [0.25, 0.3) is 0 Å². The molecule has 1 aliphatic rings. The van der Waals surface area contributed by atoms with E-state index in [-0.39, 0.29) is 5.78 Å². The van der Waals surface area contributed by atoms with E-state index in [1.54, 1.807) is 7.11 Å². The van der Waals surface area contributed by atoms with Gasteiger partial charge in [0.1, 0.15) is 5.75 Å². The highest BCUT2D eigenvalue weighted by Crippen LogP contribution is 2.27. The number of rotatable bonds is 3. The van der Waals surface area contributed by atoms with Crippen molar-refractivity contribution in [3.05, 3.63) is 40.5 Å². The van der Waals surface area contributed by atoms with Crippen molar-refractivity contribution in [2.45, 2.75) is 39.5 Å². The third kappa shape index (κ3) is 2.47. The Morgan fingerprint density at radius 3 is 2.56 bits per heavy atom. The second kappa shape index (κ2) is 5.38. The Morgan fingerprint density at radius 2 is 1.94 bits per heavy atom. The van der Waals surface area contributed by atoms with Crippen LogP contribution in [0.2, 0.25) is 0 Å². The van der Waals surface area contributed by atoms with Gasteiger partial charge in [0.05, 0.1) is 7.11 Å². The van der Waals surface area contributed by atoms with Crippen molar-refractivity contribution in [1.29, 1.82) is 0 Å². The van der Waals surface area contributed by atoms with Crippen LogP contribution in [0, 0.1) is 13.8 Å². The van der Waals surface area contributed by atoms with Gasteiger partial charge in [-0.2, -0.15) is 0 Å². The normalized spacial score (nSPS) is 15.2. The minimum absolute atomic E-state index is 0.193. The summed E-state index contributed by atoms with van der Waals surface area (Å²) in [6, 6.07) is 3.90. The van der Waals surface area contributed by atoms with Crippen LogP contribution in [0.4, 0.5) is 0 Å². The number of aryl methyl sites for hydroxylation is 2. The lowest BCUT2D eigenvalue weighted by Gasteiger charge is -2.14. The van der Waals surface area contributed by atoms with E-state index in [0.717, 1.165) is 47.3 Å². The molecule has 0 unspecified atom stereocenters.